The van der Waals surface area contributed by atoms with Crippen LogP contribution in [-0.2, 0) is 10.0 Å². The Kier molecular flexibility index (Phi) is 4.40. The summed E-state index contributed by atoms with van der Waals surface area (Å²) in [5.41, 5.74) is 1.34. The monoisotopic (exact) mass is 354 g/mol. The average Bonchev–Trinajstić information content (AvgIpc) is 3.04. The first-order chi connectivity index (χ1) is 10.9. The van der Waals surface area contributed by atoms with Gasteiger partial charge in [-0.3, -0.25) is 4.72 Å². The van der Waals surface area contributed by atoms with Crippen molar-refractivity contribution in [2.45, 2.75) is 31.7 Å². The first-order valence-electron chi connectivity index (χ1n) is 7.35. The Morgan fingerprint density at radius 2 is 2.04 bits per heavy atom. The molecule has 0 spiro atoms. The fourth-order valence-electron chi connectivity index (χ4n) is 2.63. The van der Waals surface area contributed by atoms with Crippen molar-refractivity contribution in [1.29, 1.82) is 0 Å². The molecule has 0 aliphatic heterocycles. The summed E-state index contributed by atoms with van der Waals surface area (Å²) in [6.45, 7) is 0. The minimum Gasteiger partial charge on any atom is -0.335 e. The van der Waals surface area contributed by atoms with Gasteiger partial charge in [-0.1, -0.05) is 24.2 Å². The fourth-order valence-corrected chi connectivity index (χ4v) is 4.37. The molecule has 7 nitrogen and oxygen atoms in total. The Morgan fingerprint density at radius 3 is 2.74 bits per heavy atom. The predicted octanol–water partition coefficient (Wildman–Crippen LogP) is 2.73. The molecule has 0 bridgehead atoms. The number of benzene rings is 1. The van der Waals surface area contributed by atoms with E-state index in [1.54, 1.807) is 18.2 Å². The molecule has 1 fully saturated rings. The van der Waals surface area contributed by atoms with Gasteiger partial charge < -0.3 is 10.6 Å². The molecule has 1 aliphatic rings. The van der Waals surface area contributed by atoms with Gasteiger partial charge in [-0.2, -0.15) is 0 Å². The highest BCUT2D eigenvalue weighted by Crippen LogP contribution is 2.29. The summed E-state index contributed by atoms with van der Waals surface area (Å²) in [6.07, 6.45) is 5.46. The van der Waals surface area contributed by atoms with E-state index in [0.717, 1.165) is 36.6 Å². The van der Waals surface area contributed by atoms with Gasteiger partial charge in [0.2, 0.25) is 10.0 Å². The molecule has 1 saturated carbocycles. The van der Waals surface area contributed by atoms with Crippen LogP contribution in [0.1, 0.15) is 25.7 Å². The first-order valence-corrected chi connectivity index (χ1v) is 10.1. The molecule has 0 unspecified atom stereocenters. The number of hydrogen-bond acceptors (Lipinski definition) is 5. The van der Waals surface area contributed by atoms with Crippen LogP contribution in [0.4, 0.5) is 15.6 Å². The summed E-state index contributed by atoms with van der Waals surface area (Å²) in [5.74, 6) is 0. The van der Waals surface area contributed by atoms with Gasteiger partial charge >= 0.3 is 6.03 Å². The zero-order valence-corrected chi connectivity index (χ0v) is 14.3. The molecule has 3 N–H and O–H groups in total. The number of carbonyl (C=O) groups excluding carboxylic acids is 1. The molecular formula is C14H18N4O3S2. The van der Waals surface area contributed by atoms with E-state index in [4.69, 9.17) is 0 Å². The van der Waals surface area contributed by atoms with E-state index in [1.807, 2.05) is 0 Å². The largest absolute Gasteiger partial charge is 0.335 e. The summed E-state index contributed by atoms with van der Waals surface area (Å²) >= 11 is 1.23. The number of rotatable bonds is 4. The van der Waals surface area contributed by atoms with E-state index in [9.17, 15) is 13.2 Å². The van der Waals surface area contributed by atoms with Crippen molar-refractivity contribution < 1.29 is 13.2 Å². The number of carbonyl (C=O) groups is 1. The van der Waals surface area contributed by atoms with E-state index in [0.29, 0.717) is 16.3 Å². The summed E-state index contributed by atoms with van der Waals surface area (Å²) in [4.78, 5) is 16.2. The van der Waals surface area contributed by atoms with Gasteiger partial charge in [0.15, 0.2) is 5.13 Å². The first kappa shape index (κ1) is 16.0. The lowest BCUT2D eigenvalue weighted by atomic mass is 10.2. The topological polar surface area (TPSA) is 100 Å². The maximum Gasteiger partial charge on any atom is 0.319 e. The Balaban J connectivity index is 1.70. The van der Waals surface area contributed by atoms with Gasteiger partial charge in [0, 0.05) is 11.7 Å². The summed E-state index contributed by atoms with van der Waals surface area (Å²) < 4.78 is 25.6. The van der Waals surface area contributed by atoms with Gasteiger partial charge in [0.25, 0.3) is 0 Å². The normalized spacial score (nSPS) is 15.7. The number of nitrogens with zero attached hydrogens (tertiary/aromatic N) is 1. The minimum absolute atomic E-state index is 0.213. The second kappa shape index (κ2) is 6.32. The van der Waals surface area contributed by atoms with Crippen LogP contribution in [0.2, 0.25) is 0 Å². The third-order valence-corrected chi connectivity index (χ3v) is 5.24. The van der Waals surface area contributed by atoms with Gasteiger partial charge in [-0.05, 0) is 31.0 Å². The highest BCUT2D eigenvalue weighted by atomic mass is 32.2. The van der Waals surface area contributed by atoms with Crippen LogP contribution < -0.4 is 15.4 Å². The number of fused-ring (bicyclic) bond motifs is 1. The molecule has 1 heterocycles. The van der Waals surface area contributed by atoms with Crippen LogP contribution in [-0.4, -0.2) is 31.7 Å². The Hall–Kier alpha value is -1.87. The molecule has 0 saturated heterocycles. The third-order valence-electron chi connectivity index (χ3n) is 3.61. The van der Waals surface area contributed by atoms with Crippen molar-refractivity contribution in [3.8, 4) is 0 Å². The van der Waals surface area contributed by atoms with E-state index in [-0.39, 0.29) is 12.1 Å². The van der Waals surface area contributed by atoms with E-state index < -0.39 is 10.0 Å². The standard InChI is InChI=1S/C14H18N4O3S2/c1-23(20,21)18-14-17-11-7-6-10(8-12(11)22-14)16-13(19)15-9-4-2-3-5-9/h6-9H,2-5H2,1H3,(H,17,18)(H2,15,16,19). The van der Waals surface area contributed by atoms with Gasteiger partial charge in [0.05, 0.1) is 16.5 Å². The highest BCUT2D eigenvalue weighted by molar-refractivity contribution is 7.92. The van der Waals surface area contributed by atoms with Crippen LogP contribution >= 0.6 is 11.3 Å². The number of aromatic nitrogens is 1. The van der Waals surface area contributed by atoms with E-state index in [1.165, 1.54) is 11.3 Å². The molecule has 124 valence electrons. The highest BCUT2D eigenvalue weighted by Gasteiger charge is 2.17. The van der Waals surface area contributed by atoms with Crippen LogP contribution in [0.5, 0.6) is 0 Å². The van der Waals surface area contributed by atoms with Crippen molar-refractivity contribution in [3.63, 3.8) is 0 Å². The van der Waals surface area contributed by atoms with Crippen LogP contribution in [0.15, 0.2) is 18.2 Å². The molecule has 3 rings (SSSR count). The maximum absolute atomic E-state index is 12.0. The Morgan fingerprint density at radius 1 is 1.30 bits per heavy atom. The molecule has 0 radical (unpaired) electrons. The van der Waals surface area contributed by atoms with Crippen LogP contribution in [0, 0.1) is 0 Å². The van der Waals surface area contributed by atoms with Crippen molar-refractivity contribution in [2.24, 2.45) is 0 Å². The molecule has 1 aromatic heterocycles. The lowest BCUT2D eigenvalue weighted by Gasteiger charge is -2.12. The molecule has 23 heavy (non-hydrogen) atoms. The number of anilines is 2. The van der Waals surface area contributed by atoms with Crippen LogP contribution in [0.25, 0.3) is 10.2 Å². The lowest BCUT2D eigenvalue weighted by Crippen LogP contribution is -2.36. The number of amides is 2. The maximum atomic E-state index is 12.0. The Labute approximate surface area is 138 Å². The van der Waals surface area contributed by atoms with Crippen molar-refractivity contribution in [2.75, 3.05) is 16.3 Å². The number of hydrogen-bond donors (Lipinski definition) is 3. The molecule has 1 aromatic carbocycles. The zero-order valence-electron chi connectivity index (χ0n) is 12.6. The zero-order chi connectivity index (χ0) is 16.4. The van der Waals surface area contributed by atoms with E-state index in [2.05, 4.69) is 20.3 Å². The second-order valence-electron chi connectivity index (χ2n) is 5.66. The minimum atomic E-state index is -3.35. The lowest BCUT2D eigenvalue weighted by molar-refractivity contribution is 0.248. The summed E-state index contributed by atoms with van der Waals surface area (Å²) in [5, 5.41) is 6.08. The average molecular weight is 354 g/mol. The van der Waals surface area contributed by atoms with E-state index >= 15 is 0 Å². The van der Waals surface area contributed by atoms with Crippen molar-refractivity contribution >= 4 is 48.4 Å². The molecule has 2 amide bonds. The summed E-state index contributed by atoms with van der Waals surface area (Å²) in [7, 11) is -3.35. The molecule has 0 atom stereocenters. The number of thiazole rings is 1. The Bertz CT molecular complexity index is 826. The molecule has 9 heteroatoms. The second-order valence-corrected chi connectivity index (χ2v) is 8.43. The smallest absolute Gasteiger partial charge is 0.319 e. The molecule has 1 aliphatic carbocycles. The third kappa shape index (κ3) is 4.32. The van der Waals surface area contributed by atoms with Gasteiger partial charge in [-0.25, -0.2) is 18.2 Å². The summed E-state index contributed by atoms with van der Waals surface area (Å²) in [6, 6.07) is 5.34. The SMILES string of the molecule is CS(=O)(=O)Nc1nc2ccc(NC(=O)NC3CCCC3)cc2s1. The number of sulfonamides is 1. The number of urea groups is 1. The van der Waals surface area contributed by atoms with Crippen LogP contribution in [0.3, 0.4) is 0 Å². The van der Waals surface area contributed by atoms with Gasteiger partial charge in [0.1, 0.15) is 0 Å². The quantitative estimate of drug-likeness (QED) is 0.786. The van der Waals surface area contributed by atoms with Crippen molar-refractivity contribution in [3.05, 3.63) is 18.2 Å². The molecular weight excluding hydrogens is 336 g/mol. The molecule has 2 aromatic rings. The van der Waals surface area contributed by atoms with Crippen molar-refractivity contribution in [1.82, 2.24) is 10.3 Å². The predicted molar refractivity (Wildman–Crippen MR) is 92.5 cm³/mol. The van der Waals surface area contributed by atoms with Gasteiger partial charge in [-0.15, -0.1) is 0 Å². The fraction of sp³-hybridized carbons (Fsp3) is 0.429. The number of nitrogens with one attached hydrogen (secondary N) is 3.